The molecule has 1 aliphatic heterocycles. The van der Waals surface area contributed by atoms with Gasteiger partial charge in [0, 0.05) is 44.1 Å². The maximum absolute atomic E-state index is 12.8. The highest BCUT2D eigenvalue weighted by molar-refractivity contribution is 5.89. The van der Waals surface area contributed by atoms with E-state index in [1.165, 1.54) is 4.90 Å². The number of carbonyl (C=O) groups excluding carboxylic acids is 2. The summed E-state index contributed by atoms with van der Waals surface area (Å²) in [7, 11) is 0. The van der Waals surface area contributed by atoms with Gasteiger partial charge in [0.2, 0.25) is 5.91 Å². The fourth-order valence-electron chi connectivity index (χ4n) is 2.95. The SMILES string of the molecule is O=C(Cn1cc(C(F)(F)F)ccc1=O)N1CCN(C(=O)Nc2ccccc2)CC1. The molecule has 7 nitrogen and oxygen atoms in total. The molecule has 3 amide bonds. The van der Waals surface area contributed by atoms with Crippen LogP contribution in [0.5, 0.6) is 0 Å². The fourth-order valence-corrected chi connectivity index (χ4v) is 2.95. The normalized spacial score (nSPS) is 14.6. The minimum atomic E-state index is -4.60. The quantitative estimate of drug-likeness (QED) is 0.847. The number of piperazine rings is 1. The Hall–Kier alpha value is -3.30. The van der Waals surface area contributed by atoms with E-state index in [0.29, 0.717) is 18.0 Å². The van der Waals surface area contributed by atoms with Crippen LogP contribution in [0.3, 0.4) is 0 Å². The Morgan fingerprint density at radius 2 is 1.55 bits per heavy atom. The molecule has 0 bridgehead atoms. The first-order valence-electron chi connectivity index (χ1n) is 8.90. The lowest BCUT2D eigenvalue weighted by atomic mass is 10.2. The number of benzene rings is 1. The number of pyridine rings is 1. The van der Waals surface area contributed by atoms with Gasteiger partial charge in [0.05, 0.1) is 5.56 Å². The van der Waals surface area contributed by atoms with Crippen molar-refractivity contribution in [1.82, 2.24) is 14.4 Å². The molecule has 1 saturated heterocycles. The monoisotopic (exact) mass is 408 g/mol. The lowest BCUT2D eigenvalue weighted by molar-refractivity contribution is -0.139. The Morgan fingerprint density at radius 1 is 0.931 bits per heavy atom. The molecule has 0 saturated carbocycles. The predicted molar refractivity (Wildman–Crippen MR) is 99.3 cm³/mol. The third-order valence-electron chi connectivity index (χ3n) is 4.56. The summed E-state index contributed by atoms with van der Waals surface area (Å²) in [5, 5.41) is 2.75. The Balaban J connectivity index is 1.57. The number of halogens is 3. The van der Waals surface area contributed by atoms with Crippen LogP contribution in [0.25, 0.3) is 0 Å². The van der Waals surface area contributed by atoms with E-state index in [9.17, 15) is 27.6 Å². The molecule has 3 rings (SSSR count). The van der Waals surface area contributed by atoms with Gasteiger partial charge in [-0.1, -0.05) is 18.2 Å². The van der Waals surface area contributed by atoms with Crippen LogP contribution >= 0.6 is 0 Å². The van der Waals surface area contributed by atoms with Crippen molar-refractivity contribution in [3.8, 4) is 0 Å². The zero-order chi connectivity index (χ0) is 21.0. The number of nitrogens with zero attached hydrogens (tertiary/aromatic N) is 3. The van der Waals surface area contributed by atoms with Crippen molar-refractivity contribution >= 4 is 17.6 Å². The molecular formula is C19H19F3N4O3. The number of hydrogen-bond acceptors (Lipinski definition) is 3. The highest BCUT2D eigenvalue weighted by Gasteiger charge is 2.31. The van der Waals surface area contributed by atoms with Gasteiger partial charge in [0.25, 0.3) is 5.56 Å². The van der Waals surface area contributed by atoms with Gasteiger partial charge >= 0.3 is 12.2 Å². The molecule has 10 heteroatoms. The molecule has 154 valence electrons. The van der Waals surface area contributed by atoms with Crippen LogP contribution in [0.2, 0.25) is 0 Å². The molecule has 0 aliphatic carbocycles. The second kappa shape index (κ2) is 8.38. The topological polar surface area (TPSA) is 74.7 Å². The van der Waals surface area contributed by atoms with Crippen LogP contribution in [0.1, 0.15) is 5.56 Å². The van der Waals surface area contributed by atoms with Crippen molar-refractivity contribution < 1.29 is 22.8 Å². The van der Waals surface area contributed by atoms with Gasteiger partial charge in [-0.25, -0.2) is 4.79 Å². The average molecular weight is 408 g/mol. The maximum atomic E-state index is 12.8. The average Bonchev–Trinajstić information content (AvgIpc) is 2.69. The Morgan fingerprint density at radius 3 is 2.17 bits per heavy atom. The summed E-state index contributed by atoms with van der Waals surface area (Å²) in [5.41, 5.74) is -1.03. The number of carbonyl (C=O) groups is 2. The first-order valence-corrected chi connectivity index (χ1v) is 8.90. The fraction of sp³-hybridized carbons (Fsp3) is 0.316. The standard InChI is InChI=1S/C19H19F3N4O3/c20-19(21,22)14-6-7-16(27)26(12-14)13-17(28)24-8-10-25(11-9-24)18(29)23-15-4-2-1-3-5-15/h1-7,12H,8-11,13H2,(H,23,29). The molecule has 1 N–H and O–H groups in total. The summed E-state index contributed by atoms with van der Waals surface area (Å²) in [5.74, 6) is -0.477. The van der Waals surface area contributed by atoms with E-state index in [1.807, 2.05) is 6.07 Å². The zero-order valence-corrected chi connectivity index (χ0v) is 15.4. The van der Waals surface area contributed by atoms with E-state index in [4.69, 9.17) is 0 Å². The van der Waals surface area contributed by atoms with E-state index in [1.54, 1.807) is 29.2 Å². The summed E-state index contributed by atoms with van der Waals surface area (Å²) in [6.07, 6.45) is -3.96. The number of aromatic nitrogens is 1. The molecule has 0 radical (unpaired) electrons. The van der Waals surface area contributed by atoms with Gasteiger partial charge in [0.15, 0.2) is 0 Å². The Labute approximate surface area is 164 Å². The predicted octanol–water partition coefficient (Wildman–Crippen LogP) is 2.24. The van der Waals surface area contributed by atoms with Gasteiger partial charge < -0.3 is 19.7 Å². The van der Waals surface area contributed by atoms with E-state index in [2.05, 4.69) is 5.32 Å². The number of nitrogens with one attached hydrogen (secondary N) is 1. The molecule has 0 spiro atoms. The van der Waals surface area contributed by atoms with Crippen LogP contribution in [0.4, 0.5) is 23.7 Å². The minimum Gasteiger partial charge on any atom is -0.338 e. The largest absolute Gasteiger partial charge is 0.417 e. The lowest BCUT2D eigenvalue weighted by Crippen LogP contribution is -2.52. The molecule has 0 unspecified atom stereocenters. The van der Waals surface area contributed by atoms with E-state index in [-0.39, 0.29) is 32.2 Å². The molecule has 29 heavy (non-hydrogen) atoms. The molecule has 1 aromatic heterocycles. The first kappa shape index (κ1) is 20.4. The van der Waals surface area contributed by atoms with E-state index in [0.717, 1.165) is 10.6 Å². The van der Waals surface area contributed by atoms with Crippen molar-refractivity contribution in [2.45, 2.75) is 12.7 Å². The minimum absolute atomic E-state index is 0.231. The third-order valence-corrected chi connectivity index (χ3v) is 4.56. The number of anilines is 1. The summed E-state index contributed by atoms with van der Waals surface area (Å²) >= 11 is 0. The molecule has 2 aromatic rings. The second-order valence-corrected chi connectivity index (χ2v) is 6.55. The Kier molecular flexibility index (Phi) is 5.90. The smallest absolute Gasteiger partial charge is 0.338 e. The first-order chi connectivity index (χ1) is 13.7. The highest BCUT2D eigenvalue weighted by Crippen LogP contribution is 2.28. The van der Waals surface area contributed by atoms with Crippen LogP contribution in [0, 0.1) is 0 Å². The van der Waals surface area contributed by atoms with Crippen molar-refractivity contribution in [2.24, 2.45) is 0 Å². The lowest BCUT2D eigenvalue weighted by Gasteiger charge is -2.34. The maximum Gasteiger partial charge on any atom is 0.417 e. The van der Waals surface area contributed by atoms with E-state index < -0.39 is 29.8 Å². The van der Waals surface area contributed by atoms with Gasteiger partial charge in [-0.3, -0.25) is 9.59 Å². The van der Waals surface area contributed by atoms with Crippen molar-refractivity contribution in [3.63, 3.8) is 0 Å². The number of rotatable bonds is 3. The number of amides is 3. The number of hydrogen-bond donors (Lipinski definition) is 1. The molecule has 1 aromatic carbocycles. The van der Waals surface area contributed by atoms with Crippen LogP contribution in [-0.2, 0) is 17.5 Å². The van der Waals surface area contributed by atoms with Gasteiger partial charge in [-0.2, -0.15) is 13.2 Å². The summed E-state index contributed by atoms with van der Waals surface area (Å²) in [6, 6.07) is 10.1. The van der Waals surface area contributed by atoms with Gasteiger partial charge in [0.1, 0.15) is 6.54 Å². The molecule has 1 aliphatic rings. The molecular weight excluding hydrogens is 389 g/mol. The van der Waals surface area contributed by atoms with Gasteiger partial charge in [-0.15, -0.1) is 0 Å². The molecule has 1 fully saturated rings. The highest BCUT2D eigenvalue weighted by atomic mass is 19.4. The molecule has 0 atom stereocenters. The number of para-hydroxylation sites is 1. The van der Waals surface area contributed by atoms with Gasteiger partial charge in [-0.05, 0) is 18.2 Å². The Bertz CT molecular complexity index is 936. The summed E-state index contributed by atoms with van der Waals surface area (Å²) in [4.78, 5) is 39.5. The number of urea groups is 1. The molecule has 2 heterocycles. The van der Waals surface area contributed by atoms with Crippen molar-refractivity contribution in [3.05, 3.63) is 64.6 Å². The van der Waals surface area contributed by atoms with Crippen LogP contribution in [0.15, 0.2) is 53.5 Å². The van der Waals surface area contributed by atoms with Crippen LogP contribution < -0.4 is 10.9 Å². The summed E-state index contributed by atoms with van der Waals surface area (Å²) < 4.78 is 39.2. The number of alkyl halides is 3. The van der Waals surface area contributed by atoms with Crippen molar-refractivity contribution in [2.75, 3.05) is 31.5 Å². The van der Waals surface area contributed by atoms with E-state index >= 15 is 0 Å². The third kappa shape index (κ3) is 5.15. The van der Waals surface area contributed by atoms with Crippen molar-refractivity contribution in [1.29, 1.82) is 0 Å². The van der Waals surface area contributed by atoms with Crippen LogP contribution in [-0.4, -0.2) is 52.5 Å². The second-order valence-electron chi connectivity index (χ2n) is 6.55. The zero-order valence-electron chi connectivity index (χ0n) is 15.4. The summed E-state index contributed by atoms with van der Waals surface area (Å²) in [6.45, 7) is 0.534.